The Hall–Kier alpha value is -2.88. The summed E-state index contributed by atoms with van der Waals surface area (Å²) in [7, 11) is 0. The van der Waals surface area contributed by atoms with Crippen molar-refractivity contribution in [1.29, 1.82) is 0 Å². The van der Waals surface area contributed by atoms with Crippen LogP contribution >= 0.6 is 0 Å². The highest BCUT2D eigenvalue weighted by Gasteiger charge is 2.79. The largest absolute Gasteiger partial charge is 0.472 e. The molecule has 198 valence electrons. The molecule has 2 heterocycles. The van der Waals surface area contributed by atoms with Gasteiger partial charge in [-0.15, -0.1) is 0 Å². The van der Waals surface area contributed by atoms with Crippen molar-refractivity contribution >= 4 is 23.9 Å². The monoisotopic (exact) mass is 506 g/mol. The number of furan rings is 1. The maximum atomic E-state index is 13.3. The third-order valence-electron chi connectivity index (χ3n) is 8.20. The molecule has 1 aliphatic heterocycles. The van der Waals surface area contributed by atoms with Gasteiger partial charge in [0, 0.05) is 26.7 Å². The fourth-order valence-corrected chi connectivity index (χ4v) is 6.76. The smallest absolute Gasteiger partial charge is 0.341 e. The number of carbonyl (C=O) groups excluding carboxylic acids is 4. The van der Waals surface area contributed by atoms with Crippen molar-refractivity contribution < 1.29 is 47.3 Å². The predicted octanol–water partition coefficient (Wildman–Crippen LogP) is 3.22. The molecule has 7 atom stereocenters. The molecule has 3 fully saturated rings. The van der Waals surface area contributed by atoms with Crippen LogP contribution in [-0.2, 0) is 38.1 Å². The topological polar surface area (TPSA) is 128 Å². The normalized spacial score (nSPS) is 36.3. The Morgan fingerprint density at radius 3 is 2.28 bits per heavy atom. The lowest BCUT2D eigenvalue weighted by atomic mass is 9.49. The molecule has 0 radical (unpaired) electrons. The minimum absolute atomic E-state index is 0.0717. The maximum Gasteiger partial charge on any atom is 0.341 e. The van der Waals surface area contributed by atoms with E-state index in [1.165, 1.54) is 39.4 Å². The molecule has 36 heavy (non-hydrogen) atoms. The van der Waals surface area contributed by atoms with E-state index in [2.05, 4.69) is 0 Å². The first kappa shape index (κ1) is 26.2. The van der Waals surface area contributed by atoms with E-state index in [-0.39, 0.29) is 24.0 Å². The Balaban J connectivity index is 1.95. The molecule has 2 bridgehead atoms. The molecule has 2 aliphatic carbocycles. The zero-order chi connectivity index (χ0) is 26.5. The van der Waals surface area contributed by atoms with E-state index < -0.39 is 58.8 Å². The first-order valence-corrected chi connectivity index (χ1v) is 12.2. The molecule has 7 unspecified atom stereocenters. The highest BCUT2D eigenvalue weighted by Crippen LogP contribution is 2.67. The van der Waals surface area contributed by atoms with Gasteiger partial charge in [0.2, 0.25) is 0 Å². The van der Waals surface area contributed by atoms with Crippen LogP contribution in [0.15, 0.2) is 23.0 Å². The Morgan fingerprint density at radius 2 is 1.69 bits per heavy atom. The maximum absolute atomic E-state index is 13.3. The van der Waals surface area contributed by atoms with Crippen molar-refractivity contribution in [3.8, 4) is 0 Å². The van der Waals surface area contributed by atoms with Crippen LogP contribution in [0.25, 0.3) is 0 Å². The van der Waals surface area contributed by atoms with Gasteiger partial charge in [0.05, 0.1) is 23.0 Å². The Bertz CT molecular complexity index is 1030. The molecule has 10 heteroatoms. The van der Waals surface area contributed by atoms with E-state index in [0.29, 0.717) is 19.3 Å². The summed E-state index contributed by atoms with van der Waals surface area (Å²) in [5.74, 6) is -2.76. The summed E-state index contributed by atoms with van der Waals surface area (Å²) in [5, 5.41) is 0. The van der Waals surface area contributed by atoms with Crippen LogP contribution in [0.2, 0.25) is 0 Å². The molecule has 0 aromatic carbocycles. The molecule has 1 spiro atoms. The molecule has 1 aromatic rings. The van der Waals surface area contributed by atoms with E-state index in [9.17, 15) is 19.2 Å². The summed E-state index contributed by atoms with van der Waals surface area (Å²) in [6, 6.07) is 1.46. The van der Waals surface area contributed by atoms with Crippen molar-refractivity contribution in [2.45, 2.75) is 90.3 Å². The minimum Gasteiger partial charge on any atom is -0.472 e. The van der Waals surface area contributed by atoms with Gasteiger partial charge < -0.3 is 28.1 Å². The summed E-state index contributed by atoms with van der Waals surface area (Å²) >= 11 is 0. The van der Waals surface area contributed by atoms with Gasteiger partial charge in [0.25, 0.3) is 0 Å². The van der Waals surface area contributed by atoms with Crippen molar-refractivity contribution in [2.24, 2.45) is 17.3 Å². The second-order valence-electron chi connectivity index (χ2n) is 10.7. The lowest BCUT2D eigenvalue weighted by molar-refractivity contribution is -0.288. The lowest BCUT2D eigenvalue weighted by Gasteiger charge is -2.61. The molecule has 4 rings (SSSR count). The van der Waals surface area contributed by atoms with Crippen LogP contribution in [-0.4, -0.2) is 60.0 Å². The van der Waals surface area contributed by atoms with Gasteiger partial charge in [0.15, 0.2) is 6.10 Å². The van der Waals surface area contributed by atoms with E-state index in [0.717, 1.165) is 0 Å². The summed E-state index contributed by atoms with van der Waals surface area (Å²) in [6.45, 7) is 9.44. The number of esters is 4. The van der Waals surface area contributed by atoms with E-state index >= 15 is 0 Å². The number of hydrogen-bond donors (Lipinski definition) is 0. The van der Waals surface area contributed by atoms with Gasteiger partial charge in [-0.3, -0.25) is 14.4 Å². The van der Waals surface area contributed by atoms with Gasteiger partial charge in [-0.25, -0.2) is 4.79 Å². The van der Waals surface area contributed by atoms with E-state index in [1.54, 1.807) is 0 Å². The zero-order valence-corrected chi connectivity index (χ0v) is 21.5. The molecule has 0 amide bonds. The van der Waals surface area contributed by atoms with Gasteiger partial charge in [-0.05, 0) is 45.1 Å². The van der Waals surface area contributed by atoms with Crippen molar-refractivity contribution in [1.82, 2.24) is 0 Å². The summed E-state index contributed by atoms with van der Waals surface area (Å²) in [5.41, 5.74) is -2.96. The number of rotatable bonds is 6. The molecule has 1 saturated heterocycles. The van der Waals surface area contributed by atoms with Gasteiger partial charge in [0.1, 0.15) is 30.5 Å². The van der Waals surface area contributed by atoms with E-state index in [1.807, 2.05) is 20.8 Å². The van der Waals surface area contributed by atoms with Crippen molar-refractivity contribution in [3.05, 3.63) is 24.2 Å². The van der Waals surface area contributed by atoms with Crippen molar-refractivity contribution in [2.75, 3.05) is 6.61 Å². The first-order chi connectivity index (χ1) is 16.8. The molecular weight excluding hydrogens is 472 g/mol. The van der Waals surface area contributed by atoms with Gasteiger partial charge in [-0.1, -0.05) is 6.92 Å². The van der Waals surface area contributed by atoms with Crippen LogP contribution in [0.4, 0.5) is 0 Å². The van der Waals surface area contributed by atoms with Gasteiger partial charge >= 0.3 is 23.9 Å². The number of hydrogen-bond acceptors (Lipinski definition) is 10. The average Bonchev–Trinajstić information content (AvgIpc) is 3.38. The highest BCUT2D eigenvalue weighted by molar-refractivity contribution is 5.89. The third kappa shape index (κ3) is 4.09. The molecule has 10 nitrogen and oxygen atoms in total. The molecule has 0 N–H and O–H groups in total. The fourth-order valence-electron chi connectivity index (χ4n) is 6.76. The molecule has 2 saturated carbocycles. The third-order valence-corrected chi connectivity index (χ3v) is 8.20. The van der Waals surface area contributed by atoms with Crippen molar-refractivity contribution in [3.63, 3.8) is 0 Å². The van der Waals surface area contributed by atoms with Gasteiger partial charge in [-0.2, -0.15) is 0 Å². The molecular formula is C26H34O10. The summed E-state index contributed by atoms with van der Waals surface area (Å²) < 4.78 is 35.4. The quantitative estimate of drug-likeness (QED) is 0.419. The Kier molecular flexibility index (Phi) is 6.70. The van der Waals surface area contributed by atoms with Crippen LogP contribution in [0.3, 0.4) is 0 Å². The molecule has 1 aromatic heterocycles. The summed E-state index contributed by atoms with van der Waals surface area (Å²) in [4.78, 5) is 50.0. The SMILES string of the molecule is CC(=O)OCC12C(OC(C)=O)CCC(C)C13CC(C(OC(C)=O)C2OC(=O)c1ccoc1)C(C)(C)O3. The first-order valence-electron chi connectivity index (χ1n) is 12.2. The number of ether oxygens (including phenoxy) is 5. The van der Waals surface area contributed by atoms with E-state index in [4.69, 9.17) is 28.1 Å². The Morgan fingerprint density at radius 1 is 1.00 bits per heavy atom. The standard InChI is InChI=1S/C26H34O10/c1-14-7-8-20(33-16(3)28)25(13-32-15(2)27)22(35-23(30)18-9-10-31-12-18)21(34-17(4)29)19-11-26(14,25)36-24(19,5)6/h9-10,12,14,19-22H,7-8,11,13H2,1-6H3. The summed E-state index contributed by atoms with van der Waals surface area (Å²) in [6.07, 6.45) is 1.21. The minimum atomic E-state index is -1.34. The predicted molar refractivity (Wildman–Crippen MR) is 122 cm³/mol. The lowest BCUT2D eigenvalue weighted by Crippen LogP contribution is -2.74. The Labute approximate surface area is 209 Å². The molecule has 3 aliphatic rings. The zero-order valence-electron chi connectivity index (χ0n) is 21.5. The fraction of sp³-hybridized carbons (Fsp3) is 0.692. The second kappa shape index (κ2) is 9.21. The second-order valence-corrected chi connectivity index (χ2v) is 10.7. The average molecular weight is 507 g/mol. The van der Waals surface area contributed by atoms with Crippen LogP contribution in [0.5, 0.6) is 0 Å². The van der Waals surface area contributed by atoms with Crippen LogP contribution in [0.1, 0.15) is 71.2 Å². The highest BCUT2D eigenvalue weighted by atomic mass is 16.6. The van der Waals surface area contributed by atoms with Crippen LogP contribution < -0.4 is 0 Å². The number of carbonyl (C=O) groups is 4. The van der Waals surface area contributed by atoms with Crippen LogP contribution in [0, 0.1) is 17.3 Å². The number of fused-ring (bicyclic) bond motifs is 1.